The van der Waals surface area contributed by atoms with Crippen molar-refractivity contribution in [3.63, 3.8) is 0 Å². The summed E-state index contributed by atoms with van der Waals surface area (Å²) < 4.78 is 16.8. The molecule has 0 aromatic heterocycles. The molecule has 0 bridgehead atoms. The van der Waals surface area contributed by atoms with Crippen LogP contribution in [0.4, 0.5) is 0 Å². The molecule has 72 heavy (non-hydrogen) atoms. The van der Waals surface area contributed by atoms with Crippen molar-refractivity contribution in [2.45, 2.75) is 393 Å². The summed E-state index contributed by atoms with van der Waals surface area (Å²) in [6.45, 7) is 6.64. The van der Waals surface area contributed by atoms with E-state index < -0.39 is 6.10 Å². The van der Waals surface area contributed by atoms with E-state index >= 15 is 0 Å². The zero-order valence-corrected chi connectivity index (χ0v) is 49.2. The molecule has 0 N–H and O–H groups in total. The van der Waals surface area contributed by atoms with Crippen molar-refractivity contribution < 1.29 is 28.6 Å². The first-order valence-corrected chi connectivity index (χ1v) is 33.0. The summed E-state index contributed by atoms with van der Waals surface area (Å²) in [5.74, 6) is -0.845. The third-order valence-electron chi connectivity index (χ3n) is 15.4. The zero-order valence-electron chi connectivity index (χ0n) is 49.2. The van der Waals surface area contributed by atoms with Crippen LogP contribution in [0.5, 0.6) is 0 Å². The van der Waals surface area contributed by atoms with Crippen LogP contribution >= 0.6 is 0 Å². The smallest absolute Gasteiger partial charge is 0.306 e. The molecule has 0 saturated heterocycles. The lowest BCUT2D eigenvalue weighted by atomic mass is 10.0. The van der Waals surface area contributed by atoms with Gasteiger partial charge in [-0.2, -0.15) is 0 Å². The van der Waals surface area contributed by atoms with Gasteiger partial charge in [-0.25, -0.2) is 0 Å². The highest BCUT2D eigenvalue weighted by molar-refractivity contribution is 5.71. The Morgan fingerprint density at radius 2 is 0.375 bits per heavy atom. The highest BCUT2D eigenvalue weighted by Gasteiger charge is 2.19. The molecular weight excluding hydrogens is 889 g/mol. The van der Waals surface area contributed by atoms with E-state index in [0.29, 0.717) is 19.3 Å². The van der Waals surface area contributed by atoms with E-state index in [0.717, 1.165) is 64.2 Å². The van der Waals surface area contributed by atoms with Gasteiger partial charge in [0.2, 0.25) is 0 Å². The van der Waals surface area contributed by atoms with Gasteiger partial charge in [0.15, 0.2) is 6.10 Å². The third kappa shape index (κ3) is 59.3. The van der Waals surface area contributed by atoms with Crippen LogP contribution in [-0.4, -0.2) is 37.2 Å². The lowest BCUT2D eigenvalue weighted by Crippen LogP contribution is -2.30. The maximum Gasteiger partial charge on any atom is 0.306 e. The number of hydrogen-bond donors (Lipinski definition) is 0. The van der Waals surface area contributed by atoms with Gasteiger partial charge in [-0.05, 0) is 19.3 Å². The molecule has 0 aliphatic carbocycles. The van der Waals surface area contributed by atoms with E-state index in [2.05, 4.69) is 20.8 Å². The Balaban J connectivity index is 3.93. The number of rotatable bonds is 62. The van der Waals surface area contributed by atoms with Gasteiger partial charge in [-0.1, -0.05) is 348 Å². The van der Waals surface area contributed by atoms with Gasteiger partial charge < -0.3 is 14.2 Å². The third-order valence-corrected chi connectivity index (χ3v) is 15.4. The first-order chi connectivity index (χ1) is 35.5. The summed E-state index contributed by atoms with van der Waals surface area (Å²) in [6, 6.07) is 0. The minimum Gasteiger partial charge on any atom is -0.462 e. The molecule has 6 nitrogen and oxygen atoms in total. The molecule has 0 rings (SSSR count). The molecule has 0 spiro atoms. The first-order valence-electron chi connectivity index (χ1n) is 33.0. The maximum atomic E-state index is 12.8. The summed E-state index contributed by atoms with van der Waals surface area (Å²) in [5, 5.41) is 0. The molecule has 0 saturated carbocycles. The van der Waals surface area contributed by atoms with E-state index in [1.807, 2.05) is 0 Å². The van der Waals surface area contributed by atoms with Crippen molar-refractivity contribution in [1.82, 2.24) is 0 Å². The molecule has 0 aliphatic rings. The van der Waals surface area contributed by atoms with Gasteiger partial charge in [0.1, 0.15) is 13.2 Å². The Hall–Kier alpha value is -1.59. The Kier molecular flexibility index (Phi) is 60.6. The lowest BCUT2D eigenvalue weighted by molar-refractivity contribution is -0.167. The number of ether oxygens (including phenoxy) is 3. The fourth-order valence-electron chi connectivity index (χ4n) is 10.4. The fraction of sp³-hybridized carbons (Fsp3) is 0.955. The van der Waals surface area contributed by atoms with E-state index in [9.17, 15) is 14.4 Å². The predicted molar refractivity (Wildman–Crippen MR) is 312 cm³/mol. The molecule has 0 aromatic rings. The van der Waals surface area contributed by atoms with E-state index in [4.69, 9.17) is 14.2 Å². The van der Waals surface area contributed by atoms with Crippen LogP contribution in [0, 0.1) is 0 Å². The minimum atomic E-state index is -0.760. The zero-order chi connectivity index (χ0) is 52.2. The molecular formula is C66H128O6. The number of hydrogen-bond acceptors (Lipinski definition) is 6. The van der Waals surface area contributed by atoms with Crippen molar-refractivity contribution in [3.8, 4) is 0 Å². The SMILES string of the molecule is CCCCCCCCCCCCCCCCCCCCCCCCCCCCC(=O)OCC(COC(=O)CCCCCCC)OC(=O)CCCCCCCCCCCCCCCCCCCCCCCCC. The summed E-state index contributed by atoms with van der Waals surface area (Å²) >= 11 is 0. The summed E-state index contributed by atoms with van der Waals surface area (Å²) in [6.07, 6.45) is 71.8. The van der Waals surface area contributed by atoms with Crippen molar-refractivity contribution in [2.24, 2.45) is 0 Å². The Morgan fingerprint density at radius 3 is 0.556 bits per heavy atom. The molecule has 0 amide bonds. The predicted octanol–water partition coefficient (Wildman–Crippen LogP) is 22.3. The summed E-state index contributed by atoms with van der Waals surface area (Å²) in [5.41, 5.74) is 0. The second-order valence-corrected chi connectivity index (χ2v) is 22.8. The molecule has 0 radical (unpaired) electrons. The number of carbonyl (C=O) groups is 3. The second kappa shape index (κ2) is 62.0. The van der Waals surface area contributed by atoms with Crippen LogP contribution in [0.15, 0.2) is 0 Å². The van der Waals surface area contributed by atoms with Gasteiger partial charge >= 0.3 is 17.9 Å². The van der Waals surface area contributed by atoms with Gasteiger partial charge in [-0.15, -0.1) is 0 Å². The number of carbonyl (C=O) groups excluding carboxylic acids is 3. The summed E-state index contributed by atoms with van der Waals surface area (Å²) in [7, 11) is 0. The van der Waals surface area contributed by atoms with Gasteiger partial charge in [-0.3, -0.25) is 14.4 Å². The highest BCUT2D eigenvalue weighted by atomic mass is 16.6. The lowest BCUT2D eigenvalue weighted by Gasteiger charge is -2.18. The van der Waals surface area contributed by atoms with Crippen LogP contribution in [0.3, 0.4) is 0 Å². The quantitative estimate of drug-likeness (QED) is 0.0343. The van der Waals surface area contributed by atoms with E-state index in [1.165, 1.54) is 283 Å². The van der Waals surface area contributed by atoms with Gasteiger partial charge in [0.25, 0.3) is 0 Å². The average Bonchev–Trinajstić information content (AvgIpc) is 3.38. The molecule has 1 unspecified atom stereocenters. The normalized spacial score (nSPS) is 11.9. The molecule has 6 heteroatoms. The van der Waals surface area contributed by atoms with E-state index in [1.54, 1.807) is 0 Å². The van der Waals surface area contributed by atoms with Crippen LogP contribution in [-0.2, 0) is 28.6 Å². The van der Waals surface area contributed by atoms with Crippen molar-refractivity contribution in [3.05, 3.63) is 0 Å². The Labute approximate surface area is 450 Å². The van der Waals surface area contributed by atoms with Crippen molar-refractivity contribution >= 4 is 17.9 Å². The monoisotopic (exact) mass is 1020 g/mol. The molecule has 0 heterocycles. The van der Waals surface area contributed by atoms with Gasteiger partial charge in [0.05, 0.1) is 0 Å². The van der Waals surface area contributed by atoms with Crippen LogP contribution < -0.4 is 0 Å². The van der Waals surface area contributed by atoms with Crippen LogP contribution in [0.1, 0.15) is 387 Å². The fourth-order valence-corrected chi connectivity index (χ4v) is 10.4. The molecule has 0 aliphatic heterocycles. The van der Waals surface area contributed by atoms with Crippen molar-refractivity contribution in [2.75, 3.05) is 13.2 Å². The standard InChI is InChI=1S/C66H128O6/c1-4-7-10-13-15-17-19-21-23-25-27-29-31-32-33-35-36-38-40-42-44-46-48-50-53-56-59-65(68)71-62-63(61-70-64(67)58-55-52-12-9-6-3)72-66(69)60-57-54-51-49-47-45-43-41-39-37-34-30-28-26-24-22-20-18-16-14-11-8-5-2/h63H,4-62H2,1-3H3. The topological polar surface area (TPSA) is 78.9 Å². The Bertz CT molecular complexity index is 1080. The molecule has 1 atom stereocenters. The maximum absolute atomic E-state index is 12.8. The second-order valence-electron chi connectivity index (χ2n) is 22.8. The molecule has 0 fully saturated rings. The highest BCUT2D eigenvalue weighted by Crippen LogP contribution is 2.19. The van der Waals surface area contributed by atoms with Crippen molar-refractivity contribution in [1.29, 1.82) is 0 Å². The largest absolute Gasteiger partial charge is 0.462 e. The molecule has 428 valence electrons. The number of unbranched alkanes of at least 4 members (excludes halogenated alkanes) is 51. The van der Waals surface area contributed by atoms with Crippen LogP contribution in [0.25, 0.3) is 0 Å². The molecule has 0 aromatic carbocycles. The van der Waals surface area contributed by atoms with Crippen LogP contribution in [0.2, 0.25) is 0 Å². The average molecular weight is 1020 g/mol. The minimum absolute atomic E-state index is 0.0623. The van der Waals surface area contributed by atoms with E-state index in [-0.39, 0.29) is 31.1 Å². The van der Waals surface area contributed by atoms with Gasteiger partial charge in [0, 0.05) is 19.3 Å². The Morgan fingerprint density at radius 1 is 0.222 bits per heavy atom. The number of esters is 3. The summed E-state index contributed by atoms with van der Waals surface area (Å²) in [4.78, 5) is 37.9. The first kappa shape index (κ1) is 70.4.